The second-order valence-electron chi connectivity index (χ2n) is 5.63. The zero-order valence-electron chi connectivity index (χ0n) is 10.4. The van der Waals surface area contributed by atoms with E-state index in [4.69, 9.17) is 0 Å². The number of piperidine rings is 1. The fourth-order valence-electron chi connectivity index (χ4n) is 3.12. The Morgan fingerprint density at radius 1 is 1.33 bits per heavy atom. The normalized spacial score (nSPS) is 28.6. The van der Waals surface area contributed by atoms with Crippen LogP contribution in [0.25, 0.3) is 0 Å². The molecule has 0 aromatic heterocycles. The molecule has 2 nitrogen and oxygen atoms in total. The van der Waals surface area contributed by atoms with Crippen molar-refractivity contribution in [3.05, 3.63) is 0 Å². The van der Waals surface area contributed by atoms with Gasteiger partial charge >= 0.3 is 0 Å². The van der Waals surface area contributed by atoms with Gasteiger partial charge in [-0.25, -0.2) is 0 Å². The van der Waals surface area contributed by atoms with Gasteiger partial charge in [0.15, 0.2) is 0 Å². The van der Waals surface area contributed by atoms with Crippen LogP contribution < -0.4 is 5.32 Å². The van der Waals surface area contributed by atoms with Crippen molar-refractivity contribution in [2.75, 3.05) is 33.2 Å². The zero-order chi connectivity index (χ0) is 10.7. The molecule has 2 aliphatic rings. The minimum Gasteiger partial charge on any atom is -0.317 e. The molecule has 2 heteroatoms. The number of nitrogens with one attached hydrogen (secondary N) is 1. The molecule has 0 aromatic rings. The van der Waals surface area contributed by atoms with Crippen molar-refractivity contribution >= 4 is 0 Å². The average molecular weight is 210 g/mol. The fraction of sp³-hybridized carbons (Fsp3) is 1.00. The van der Waals surface area contributed by atoms with Crippen molar-refractivity contribution < 1.29 is 0 Å². The van der Waals surface area contributed by atoms with Crippen molar-refractivity contribution in [3.8, 4) is 0 Å². The van der Waals surface area contributed by atoms with Gasteiger partial charge in [-0.1, -0.05) is 13.3 Å². The molecule has 2 rings (SSSR count). The summed E-state index contributed by atoms with van der Waals surface area (Å²) >= 11 is 0. The van der Waals surface area contributed by atoms with E-state index in [0.717, 1.165) is 11.3 Å². The van der Waals surface area contributed by atoms with Crippen molar-refractivity contribution in [2.24, 2.45) is 11.3 Å². The lowest BCUT2D eigenvalue weighted by molar-refractivity contribution is 0.259. The summed E-state index contributed by atoms with van der Waals surface area (Å²) in [4.78, 5) is 2.55. The van der Waals surface area contributed by atoms with Crippen LogP contribution >= 0.6 is 0 Å². The van der Waals surface area contributed by atoms with E-state index in [2.05, 4.69) is 24.2 Å². The highest BCUT2D eigenvalue weighted by molar-refractivity contribution is 5.05. The summed E-state index contributed by atoms with van der Waals surface area (Å²) < 4.78 is 0. The van der Waals surface area contributed by atoms with Gasteiger partial charge in [0.1, 0.15) is 0 Å². The van der Waals surface area contributed by atoms with Crippen LogP contribution in [0.5, 0.6) is 0 Å². The van der Waals surface area contributed by atoms with Crippen LogP contribution in [0.4, 0.5) is 0 Å². The lowest BCUT2D eigenvalue weighted by Gasteiger charge is -2.25. The van der Waals surface area contributed by atoms with E-state index in [1.165, 1.54) is 58.3 Å². The minimum atomic E-state index is 0.770. The number of rotatable bonds is 5. The molecule has 0 amide bonds. The summed E-state index contributed by atoms with van der Waals surface area (Å²) in [5, 5.41) is 3.47. The Bertz CT molecular complexity index is 197. The van der Waals surface area contributed by atoms with Crippen LogP contribution in [0.3, 0.4) is 0 Å². The van der Waals surface area contributed by atoms with Gasteiger partial charge in [0, 0.05) is 6.54 Å². The van der Waals surface area contributed by atoms with Gasteiger partial charge in [-0.05, 0) is 63.7 Å². The maximum atomic E-state index is 3.47. The molecule has 1 spiro atoms. The van der Waals surface area contributed by atoms with Gasteiger partial charge in [-0.3, -0.25) is 0 Å². The molecule has 2 fully saturated rings. The molecule has 0 bridgehead atoms. The fourth-order valence-corrected chi connectivity index (χ4v) is 3.12. The third-order valence-corrected chi connectivity index (χ3v) is 4.38. The summed E-state index contributed by atoms with van der Waals surface area (Å²) in [7, 11) is 2.29. The SMILES string of the molecule is CCCCN(C)CC1CC12CCNCC2. The third-order valence-electron chi connectivity index (χ3n) is 4.38. The van der Waals surface area contributed by atoms with Crippen LogP contribution in [0.2, 0.25) is 0 Å². The van der Waals surface area contributed by atoms with Gasteiger partial charge in [-0.2, -0.15) is 0 Å². The van der Waals surface area contributed by atoms with Crippen molar-refractivity contribution in [3.63, 3.8) is 0 Å². The van der Waals surface area contributed by atoms with Crippen LogP contribution in [-0.4, -0.2) is 38.1 Å². The highest BCUT2D eigenvalue weighted by Gasteiger charge is 2.53. The first-order valence-electron chi connectivity index (χ1n) is 6.66. The molecular formula is C13H26N2. The summed E-state index contributed by atoms with van der Waals surface area (Å²) in [6.07, 6.45) is 7.05. The maximum Gasteiger partial charge on any atom is 0.00121 e. The monoisotopic (exact) mass is 210 g/mol. The first-order chi connectivity index (χ1) is 7.27. The second-order valence-corrected chi connectivity index (χ2v) is 5.63. The smallest absolute Gasteiger partial charge is 0.00121 e. The van der Waals surface area contributed by atoms with E-state index in [0.29, 0.717) is 0 Å². The molecular weight excluding hydrogens is 184 g/mol. The zero-order valence-corrected chi connectivity index (χ0v) is 10.4. The molecule has 1 saturated heterocycles. The molecule has 1 heterocycles. The van der Waals surface area contributed by atoms with Crippen molar-refractivity contribution in [1.29, 1.82) is 0 Å². The number of nitrogens with zero attached hydrogens (tertiary/aromatic N) is 1. The van der Waals surface area contributed by atoms with Crippen molar-refractivity contribution in [1.82, 2.24) is 10.2 Å². The molecule has 15 heavy (non-hydrogen) atoms. The average Bonchev–Trinajstić information content (AvgIpc) is 2.88. The van der Waals surface area contributed by atoms with E-state index >= 15 is 0 Å². The largest absolute Gasteiger partial charge is 0.317 e. The van der Waals surface area contributed by atoms with Crippen LogP contribution in [0.1, 0.15) is 39.0 Å². The Morgan fingerprint density at radius 2 is 2.07 bits per heavy atom. The maximum absolute atomic E-state index is 3.47. The van der Waals surface area contributed by atoms with Crippen LogP contribution in [-0.2, 0) is 0 Å². The van der Waals surface area contributed by atoms with Gasteiger partial charge < -0.3 is 10.2 Å². The molecule has 1 saturated carbocycles. The molecule has 0 radical (unpaired) electrons. The quantitative estimate of drug-likeness (QED) is 0.747. The molecule has 88 valence electrons. The predicted molar refractivity (Wildman–Crippen MR) is 65.0 cm³/mol. The van der Waals surface area contributed by atoms with E-state index in [1.807, 2.05) is 0 Å². The molecule has 1 atom stereocenters. The standard InChI is InChI=1S/C13H26N2/c1-3-4-9-15(2)11-12-10-13(12)5-7-14-8-6-13/h12,14H,3-11H2,1-2H3. The Balaban J connectivity index is 1.69. The highest BCUT2D eigenvalue weighted by atomic mass is 15.1. The van der Waals surface area contributed by atoms with E-state index in [1.54, 1.807) is 0 Å². The Morgan fingerprint density at radius 3 is 2.73 bits per heavy atom. The molecule has 1 unspecified atom stereocenters. The van der Waals surface area contributed by atoms with Gasteiger partial charge in [0.05, 0.1) is 0 Å². The number of hydrogen-bond donors (Lipinski definition) is 1. The van der Waals surface area contributed by atoms with Crippen LogP contribution in [0.15, 0.2) is 0 Å². The van der Waals surface area contributed by atoms with E-state index in [-0.39, 0.29) is 0 Å². The molecule has 1 aliphatic carbocycles. The number of unbranched alkanes of at least 4 members (excludes halogenated alkanes) is 1. The topological polar surface area (TPSA) is 15.3 Å². The Kier molecular flexibility index (Phi) is 3.68. The van der Waals surface area contributed by atoms with E-state index < -0.39 is 0 Å². The summed E-state index contributed by atoms with van der Waals surface area (Å²) in [5.41, 5.74) is 0.770. The summed E-state index contributed by atoms with van der Waals surface area (Å²) in [5.74, 6) is 1.02. The molecule has 0 aromatic carbocycles. The van der Waals surface area contributed by atoms with Crippen molar-refractivity contribution in [2.45, 2.75) is 39.0 Å². The van der Waals surface area contributed by atoms with Gasteiger partial charge in [0.2, 0.25) is 0 Å². The Labute approximate surface area is 94.4 Å². The Hall–Kier alpha value is -0.0800. The van der Waals surface area contributed by atoms with Gasteiger partial charge in [-0.15, -0.1) is 0 Å². The van der Waals surface area contributed by atoms with E-state index in [9.17, 15) is 0 Å². The highest BCUT2D eigenvalue weighted by Crippen LogP contribution is 2.58. The summed E-state index contributed by atoms with van der Waals surface area (Å²) in [6.45, 7) is 7.44. The predicted octanol–water partition coefficient (Wildman–Crippen LogP) is 2.11. The number of hydrogen-bond acceptors (Lipinski definition) is 2. The van der Waals surface area contributed by atoms with Gasteiger partial charge in [0.25, 0.3) is 0 Å². The third kappa shape index (κ3) is 2.73. The second kappa shape index (κ2) is 4.84. The molecule has 1 N–H and O–H groups in total. The lowest BCUT2D eigenvalue weighted by atomic mass is 9.92. The lowest BCUT2D eigenvalue weighted by Crippen LogP contribution is -2.32. The minimum absolute atomic E-state index is 0.770. The first-order valence-corrected chi connectivity index (χ1v) is 6.66. The molecule has 1 aliphatic heterocycles. The first kappa shape index (κ1) is 11.4. The summed E-state index contributed by atoms with van der Waals surface area (Å²) in [6, 6.07) is 0. The van der Waals surface area contributed by atoms with Crippen LogP contribution in [0, 0.1) is 11.3 Å².